The van der Waals surface area contributed by atoms with Crippen LogP contribution in [0.2, 0.25) is 0 Å². The van der Waals surface area contributed by atoms with Crippen LogP contribution < -0.4 is 19.6 Å². The quantitative estimate of drug-likeness (QED) is 0.484. The number of ether oxygens (including phenoxy) is 2. The van der Waals surface area contributed by atoms with Gasteiger partial charge in [-0.1, -0.05) is 45.5 Å². The highest BCUT2D eigenvalue weighted by Crippen LogP contribution is 2.27. The summed E-state index contributed by atoms with van der Waals surface area (Å²) in [6.07, 6.45) is 1.80. The van der Waals surface area contributed by atoms with Crippen LogP contribution in [0.4, 0.5) is 0 Å². The number of hydrogen-bond donors (Lipinski definition) is 0. The first-order valence-electron chi connectivity index (χ1n) is 7.98. The van der Waals surface area contributed by atoms with Gasteiger partial charge in [0.15, 0.2) is 17.3 Å². The second-order valence-corrected chi connectivity index (χ2v) is 7.59. The standard InChI is InChI=1S/C19H14BrN3O3S/c1-25-14-8-3-11(9-15(14)26-2)10-16-18(24)23-19(27-16)21-17(22-23)12-4-6-13(20)7-5-12/h3-10H,1-2H3/b16-10+. The van der Waals surface area contributed by atoms with Crippen LogP contribution >= 0.6 is 27.3 Å². The lowest BCUT2D eigenvalue weighted by atomic mass is 10.2. The molecule has 0 spiro atoms. The Hall–Kier alpha value is -2.71. The lowest BCUT2D eigenvalue weighted by molar-refractivity contribution is 0.355. The van der Waals surface area contributed by atoms with Gasteiger partial charge in [0.1, 0.15) is 0 Å². The number of thiazole rings is 1. The molecule has 4 aromatic rings. The Morgan fingerprint density at radius 1 is 1.07 bits per heavy atom. The fraction of sp³-hybridized carbons (Fsp3) is 0.105. The Morgan fingerprint density at radius 2 is 1.81 bits per heavy atom. The first kappa shape index (κ1) is 17.7. The molecule has 0 unspecified atom stereocenters. The van der Waals surface area contributed by atoms with E-state index in [9.17, 15) is 4.79 Å². The molecule has 0 fully saturated rings. The molecule has 0 aliphatic rings. The van der Waals surface area contributed by atoms with Gasteiger partial charge in [-0.2, -0.15) is 9.50 Å². The van der Waals surface area contributed by atoms with Crippen LogP contribution in [0.3, 0.4) is 0 Å². The zero-order valence-corrected chi connectivity index (χ0v) is 16.9. The highest BCUT2D eigenvalue weighted by Gasteiger charge is 2.12. The Bertz CT molecular complexity index is 1230. The van der Waals surface area contributed by atoms with Gasteiger partial charge in [-0.25, -0.2) is 0 Å². The molecule has 0 bridgehead atoms. The lowest BCUT2D eigenvalue weighted by Gasteiger charge is -2.07. The van der Waals surface area contributed by atoms with Gasteiger partial charge in [-0.15, -0.1) is 5.10 Å². The predicted octanol–water partition coefficient (Wildman–Crippen LogP) is 3.15. The molecular weight excluding hydrogens is 430 g/mol. The first-order chi connectivity index (χ1) is 13.1. The molecule has 6 nitrogen and oxygen atoms in total. The topological polar surface area (TPSA) is 65.7 Å². The summed E-state index contributed by atoms with van der Waals surface area (Å²) in [5.41, 5.74) is 1.50. The van der Waals surface area contributed by atoms with Crippen molar-refractivity contribution in [3.63, 3.8) is 0 Å². The van der Waals surface area contributed by atoms with Crippen molar-refractivity contribution in [2.45, 2.75) is 0 Å². The minimum Gasteiger partial charge on any atom is -0.493 e. The molecule has 4 rings (SSSR count). The molecule has 0 aliphatic heterocycles. The van der Waals surface area contributed by atoms with Crippen LogP contribution in [0.1, 0.15) is 5.56 Å². The summed E-state index contributed by atoms with van der Waals surface area (Å²) < 4.78 is 13.4. The van der Waals surface area contributed by atoms with Crippen LogP contribution in [-0.2, 0) is 0 Å². The van der Waals surface area contributed by atoms with E-state index >= 15 is 0 Å². The second kappa shape index (κ2) is 7.13. The second-order valence-electron chi connectivity index (χ2n) is 5.67. The van der Waals surface area contributed by atoms with Gasteiger partial charge in [-0.3, -0.25) is 4.79 Å². The van der Waals surface area contributed by atoms with E-state index in [1.165, 1.54) is 15.9 Å². The zero-order chi connectivity index (χ0) is 19.0. The first-order valence-corrected chi connectivity index (χ1v) is 9.59. The van der Waals surface area contributed by atoms with Crippen molar-refractivity contribution in [2.24, 2.45) is 0 Å². The zero-order valence-electron chi connectivity index (χ0n) is 14.5. The monoisotopic (exact) mass is 443 g/mol. The van der Waals surface area contributed by atoms with Crippen molar-refractivity contribution in [2.75, 3.05) is 14.2 Å². The number of aromatic nitrogens is 3. The van der Waals surface area contributed by atoms with E-state index in [1.807, 2.05) is 36.4 Å². The molecule has 2 heterocycles. The third-order valence-electron chi connectivity index (χ3n) is 3.99. The average molecular weight is 444 g/mol. The summed E-state index contributed by atoms with van der Waals surface area (Å²) in [6, 6.07) is 13.1. The summed E-state index contributed by atoms with van der Waals surface area (Å²) in [5, 5.41) is 4.36. The van der Waals surface area contributed by atoms with Gasteiger partial charge in [0, 0.05) is 10.0 Å². The largest absolute Gasteiger partial charge is 0.493 e. The summed E-state index contributed by atoms with van der Waals surface area (Å²) in [5.74, 6) is 1.78. The fourth-order valence-corrected chi connectivity index (χ4v) is 3.82. The molecular formula is C19H14BrN3O3S. The molecule has 8 heteroatoms. The van der Waals surface area contributed by atoms with E-state index in [0.29, 0.717) is 26.8 Å². The van der Waals surface area contributed by atoms with Gasteiger partial charge < -0.3 is 9.47 Å². The minimum atomic E-state index is -0.194. The molecule has 27 heavy (non-hydrogen) atoms. The molecule has 0 radical (unpaired) electrons. The van der Waals surface area contributed by atoms with Gasteiger partial charge in [0.05, 0.1) is 18.8 Å². The third-order valence-corrected chi connectivity index (χ3v) is 5.48. The highest BCUT2D eigenvalue weighted by molar-refractivity contribution is 9.10. The lowest BCUT2D eigenvalue weighted by Crippen LogP contribution is -2.23. The van der Waals surface area contributed by atoms with E-state index in [0.717, 1.165) is 15.6 Å². The molecule has 2 aromatic carbocycles. The van der Waals surface area contributed by atoms with Crippen molar-refractivity contribution in [3.8, 4) is 22.9 Å². The normalized spacial score (nSPS) is 11.9. The van der Waals surface area contributed by atoms with Crippen LogP contribution in [-0.4, -0.2) is 28.8 Å². The van der Waals surface area contributed by atoms with E-state index in [2.05, 4.69) is 26.0 Å². The van der Waals surface area contributed by atoms with Gasteiger partial charge >= 0.3 is 0 Å². The summed E-state index contributed by atoms with van der Waals surface area (Å²) >= 11 is 4.70. The van der Waals surface area contributed by atoms with Crippen molar-refractivity contribution in [1.29, 1.82) is 0 Å². The number of methoxy groups -OCH3 is 2. The van der Waals surface area contributed by atoms with Crippen LogP contribution in [0.5, 0.6) is 11.5 Å². The molecule has 2 aromatic heterocycles. The van der Waals surface area contributed by atoms with Crippen molar-refractivity contribution < 1.29 is 9.47 Å². The van der Waals surface area contributed by atoms with Crippen LogP contribution in [0.25, 0.3) is 22.4 Å². The number of rotatable bonds is 4. The molecule has 0 saturated heterocycles. The Balaban J connectivity index is 1.76. The maximum absolute atomic E-state index is 12.7. The molecule has 136 valence electrons. The summed E-state index contributed by atoms with van der Waals surface area (Å²) in [7, 11) is 3.16. The third kappa shape index (κ3) is 3.33. The number of hydrogen-bond acceptors (Lipinski definition) is 6. The Labute approximate surface area is 166 Å². The van der Waals surface area contributed by atoms with E-state index in [4.69, 9.17) is 9.47 Å². The molecule has 0 saturated carbocycles. The summed E-state index contributed by atoms with van der Waals surface area (Å²) in [6.45, 7) is 0. The van der Waals surface area contributed by atoms with Crippen molar-refractivity contribution in [1.82, 2.24) is 14.6 Å². The van der Waals surface area contributed by atoms with Crippen molar-refractivity contribution >= 4 is 38.3 Å². The SMILES string of the molecule is COc1ccc(/C=c2/sc3nc(-c4ccc(Br)cc4)nn3c2=O)cc1OC. The van der Waals surface area contributed by atoms with Gasteiger partial charge in [0.25, 0.3) is 5.56 Å². The van der Waals surface area contributed by atoms with E-state index in [1.54, 1.807) is 26.4 Å². The maximum atomic E-state index is 12.7. The Morgan fingerprint density at radius 3 is 2.48 bits per heavy atom. The van der Waals surface area contributed by atoms with Gasteiger partial charge in [0.2, 0.25) is 4.96 Å². The smallest absolute Gasteiger partial charge is 0.291 e. The highest BCUT2D eigenvalue weighted by atomic mass is 79.9. The maximum Gasteiger partial charge on any atom is 0.291 e. The van der Waals surface area contributed by atoms with E-state index in [-0.39, 0.29) is 5.56 Å². The minimum absolute atomic E-state index is 0.194. The molecule has 0 amide bonds. The fourth-order valence-electron chi connectivity index (χ4n) is 2.65. The predicted molar refractivity (Wildman–Crippen MR) is 109 cm³/mol. The van der Waals surface area contributed by atoms with Crippen LogP contribution in [0, 0.1) is 0 Å². The number of benzene rings is 2. The molecule has 0 atom stereocenters. The number of fused-ring (bicyclic) bond motifs is 1. The molecule has 0 aliphatic carbocycles. The van der Waals surface area contributed by atoms with Crippen LogP contribution in [0.15, 0.2) is 51.7 Å². The van der Waals surface area contributed by atoms with E-state index < -0.39 is 0 Å². The van der Waals surface area contributed by atoms with Gasteiger partial charge in [-0.05, 0) is 35.9 Å². The average Bonchev–Trinajstić information content (AvgIpc) is 3.22. The molecule has 0 N–H and O–H groups in total. The summed E-state index contributed by atoms with van der Waals surface area (Å²) in [4.78, 5) is 17.7. The Kier molecular flexibility index (Phi) is 4.67. The number of halogens is 1. The van der Waals surface area contributed by atoms with Crippen molar-refractivity contribution in [3.05, 3.63) is 67.4 Å². The number of nitrogens with zero attached hydrogens (tertiary/aromatic N) is 3.